The van der Waals surface area contributed by atoms with Gasteiger partial charge >= 0.3 is 0 Å². The maximum absolute atomic E-state index is 12.6. The first-order valence-electron chi connectivity index (χ1n) is 8.59. The molecule has 0 saturated heterocycles. The molecular formula is C17H26ClN3O4S. The molecule has 1 aliphatic carbocycles. The van der Waals surface area contributed by atoms with Gasteiger partial charge in [0.05, 0.1) is 11.4 Å². The van der Waals surface area contributed by atoms with Gasteiger partial charge in [-0.3, -0.25) is 0 Å². The fraction of sp³-hybridized carbons (Fsp3) is 0.588. The van der Waals surface area contributed by atoms with Gasteiger partial charge in [-0.15, -0.1) is 0 Å². The van der Waals surface area contributed by atoms with Crippen LogP contribution in [0.5, 0.6) is 0 Å². The highest BCUT2D eigenvalue weighted by Crippen LogP contribution is 2.18. The van der Waals surface area contributed by atoms with E-state index >= 15 is 0 Å². The Morgan fingerprint density at radius 1 is 1.19 bits per heavy atom. The smallest absolute Gasteiger partial charge is 0.264 e. The molecule has 0 radical (unpaired) electrons. The van der Waals surface area contributed by atoms with E-state index in [1.807, 2.05) is 0 Å². The number of methoxy groups -OCH3 is 2. The largest absolute Gasteiger partial charge is 0.354 e. The van der Waals surface area contributed by atoms with Crippen molar-refractivity contribution >= 4 is 27.6 Å². The van der Waals surface area contributed by atoms with Gasteiger partial charge in [0.2, 0.25) is 5.96 Å². The highest BCUT2D eigenvalue weighted by molar-refractivity contribution is 7.90. The molecule has 9 heteroatoms. The number of ether oxygens (including phenoxy) is 2. The third kappa shape index (κ3) is 6.42. The predicted molar refractivity (Wildman–Crippen MR) is 102 cm³/mol. The summed E-state index contributed by atoms with van der Waals surface area (Å²) >= 11 is 5.83. The van der Waals surface area contributed by atoms with Crippen molar-refractivity contribution in [1.29, 1.82) is 0 Å². The third-order valence-corrected chi connectivity index (χ3v) is 5.83. The second-order valence-corrected chi connectivity index (χ2v) is 8.25. The number of nitrogens with one attached hydrogen (secondary N) is 2. The minimum atomic E-state index is -3.77. The number of guanidine groups is 1. The lowest BCUT2D eigenvalue weighted by Gasteiger charge is -2.25. The van der Waals surface area contributed by atoms with Crippen LogP contribution in [0.25, 0.3) is 0 Å². The Hall–Kier alpha value is -1.35. The monoisotopic (exact) mass is 403 g/mol. The number of benzene rings is 1. The zero-order valence-electron chi connectivity index (χ0n) is 15.1. The average molecular weight is 404 g/mol. The molecule has 26 heavy (non-hydrogen) atoms. The Bertz CT molecular complexity index is 684. The Morgan fingerprint density at radius 3 is 2.38 bits per heavy atom. The lowest BCUT2D eigenvalue weighted by molar-refractivity contribution is -0.0937. The van der Waals surface area contributed by atoms with Crippen LogP contribution in [0.15, 0.2) is 34.2 Å². The van der Waals surface area contributed by atoms with Gasteiger partial charge in [0.25, 0.3) is 10.0 Å². The van der Waals surface area contributed by atoms with E-state index in [0.717, 1.165) is 25.7 Å². The topological polar surface area (TPSA) is 89.0 Å². The second kappa shape index (κ2) is 10.1. The van der Waals surface area contributed by atoms with Crippen molar-refractivity contribution in [1.82, 2.24) is 10.0 Å². The predicted octanol–water partition coefficient (Wildman–Crippen LogP) is 2.52. The highest BCUT2D eigenvalue weighted by atomic mass is 35.5. The average Bonchev–Trinajstić information content (AvgIpc) is 2.63. The van der Waals surface area contributed by atoms with Crippen LogP contribution in [0, 0.1) is 0 Å². The lowest BCUT2D eigenvalue weighted by atomic mass is 9.96. The number of halogens is 1. The van der Waals surface area contributed by atoms with Gasteiger partial charge < -0.3 is 14.8 Å². The van der Waals surface area contributed by atoms with E-state index in [-0.39, 0.29) is 23.4 Å². The number of rotatable bonds is 7. The second-order valence-electron chi connectivity index (χ2n) is 6.13. The van der Waals surface area contributed by atoms with E-state index < -0.39 is 16.3 Å². The van der Waals surface area contributed by atoms with Crippen LogP contribution in [-0.2, 0) is 19.5 Å². The molecule has 7 nitrogen and oxygen atoms in total. The molecule has 0 unspecified atom stereocenters. The van der Waals surface area contributed by atoms with Crippen molar-refractivity contribution in [3.63, 3.8) is 0 Å². The molecule has 0 atom stereocenters. The minimum absolute atomic E-state index is 0.120. The van der Waals surface area contributed by atoms with Gasteiger partial charge in [-0.2, -0.15) is 0 Å². The van der Waals surface area contributed by atoms with Crippen molar-refractivity contribution in [3.05, 3.63) is 29.3 Å². The Morgan fingerprint density at radius 2 is 1.81 bits per heavy atom. The molecule has 1 aromatic carbocycles. The Kier molecular flexibility index (Phi) is 8.15. The van der Waals surface area contributed by atoms with Crippen molar-refractivity contribution in [3.8, 4) is 0 Å². The fourth-order valence-electron chi connectivity index (χ4n) is 2.76. The summed E-state index contributed by atoms with van der Waals surface area (Å²) in [6.07, 6.45) is 4.87. The van der Waals surface area contributed by atoms with Crippen LogP contribution >= 0.6 is 11.6 Å². The highest BCUT2D eigenvalue weighted by Gasteiger charge is 2.20. The van der Waals surface area contributed by atoms with Crippen LogP contribution in [0.4, 0.5) is 0 Å². The van der Waals surface area contributed by atoms with Crippen molar-refractivity contribution in [2.45, 2.75) is 49.3 Å². The molecule has 0 spiro atoms. The van der Waals surface area contributed by atoms with E-state index in [0.29, 0.717) is 5.02 Å². The molecule has 146 valence electrons. The molecule has 1 saturated carbocycles. The van der Waals surface area contributed by atoms with Gasteiger partial charge in [0.15, 0.2) is 6.29 Å². The zero-order valence-corrected chi connectivity index (χ0v) is 16.6. The fourth-order valence-corrected chi connectivity index (χ4v) is 3.87. The lowest BCUT2D eigenvalue weighted by Crippen LogP contribution is -2.46. The van der Waals surface area contributed by atoms with Crippen molar-refractivity contribution < 1.29 is 17.9 Å². The van der Waals surface area contributed by atoms with Crippen LogP contribution in [-0.4, -0.2) is 47.5 Å². The first-order valence-corrected chi connectivity index (χ1v) is 10.5. The molecule has 1 fully saturated rings. The SMILES string of the molecule is COC(CN=C(NC1CCCCC1)NS(=O)(=O)c1ccc(Cl)cc1)OC. The summed E-state index contributed by atoms with van der Waals surface area (Å²) < 4.78 is 38.1. The molecule has 2 rings (SSSR count). The summed E-state index contributed by atoms with van der Waals surface area (Å²) in [4.78, 5) is 4.45. The molecule has 0 heterocycles. The quantitative estimate of drug-likeness (QED) is 0.415. The van der Waals surface area contributed by atoms with Gasteiger partial charge in [-0.25, -0.2) is 18.1 Å². The number of sulfonamides is 1. The Labute approximate surface area is 160 Å². The molecule has 0 amide bonds. The number of hydrogen-bond acceptors (Lipinski definition) is 5. The first-order chi connectivity index (χ1) is 12.4. The molecule has 0 bridgehead atoms. The summed E-state index contributed by atoms with van der Waals surface area (Å²) in [7, 11) is -0.752. The number of aliphatic imine (C=N–C) groups is 1. The zero-order chi connectivity index (χ0) is 19.0. The standard InChI is InChI=1S/C17H26ClN3O4S/c1-24-16(25-2)12-19-17(20-14-6-4-3-5-7-14)21-26(22,23)15-10-8-13(18)9-11-15/h8-11,14,16H,3-7,12H2,1-2H3,(H2,19,20,21). The van der Waals surface area contributed by atoms with Crippen molar-refractivity contribution in [2.75, 3.05) is 20.8 Å². The van der Waals surface area contributed by atoms with Crippen LogP contribution in [0.1, 0.15) is 32.1 Å². The number of hydrogen-bond donors (Lipinski definition) is 2. The maximum atomic E-state index is 12.6. The van der Waals surface area contributed by atoms with Crippen LogP contribution < -0.4 is 10.0 Å². The summed E-state index contributed by atoms with van der Waals surface area (Å²) in [5.74, 6) is 0.200. The van der Waals surface area contributed by atoms with Crippen LogP contribution in [0.3, 0.4) is 0 Å². The van der Waals surface area contributed by atoms with E-state index in [2.05, 4.69) is 15.0 Å². The molecular weight excluding hydrogens is 378 g/mol. The molecule has 2 N–H and O–H groups in total. The van der Waals surface area contributed by atoms with E-state index in [1.54, 1.807) is 0 Å². The number of nitrogens with zero attached hydrogens (tertiary/aromatic N) is 1. The van der Waals surface area contributed by atoms with Gasteiger partial charge in [-0.05, 0) is 37.1 Å². The molecule has 0 aliphatic heterocycles. The van der Waals surface area contributed by atoms with Gasteiger partial charge in [-0.1, -0.05) is 30.9 Å². The normalized spacial score (nSPS) is 16.7. The molecule has 1 aromatic rings. The van der Waals surface area contributed by atoms with E-state index in [9.17, 15) is 8.42 Å². The van der Waals surface area contributed by atoms with Crippen molar-refractivity contribution in [2.24, 2.45) is 4.99 Å². The minimum Gasteiger partial charge on any atom is -0.354 e. The first kappa shape index (κ1) is 21.0. The molecule has 1 aliphatic rings. The summed E-state index contributed by atoms with van der Waals surface area (Å²) in [5.41, 5.74) is 0. The third-order valence-electron chi connectivity index (χ3n) is 4.23. The summed E-state index contributed by atoms with van der Waals surface area (Å²) in [6.45, 7) is 0.172. The van der Waals surface area contributed by atoms with E-state index in [4.69, 9.17) is 21.1 Å². The summed E-state index contributed by atoms with van der Waals surface area (Å²) in [6, 6.07) is 6.17. The summed E-state index contributed by atoms with van der Waals surface area (Å²) in [5, 5.41) is 3.69. The molecule has 0 aromatic heterocycles. The van der Waals surface area contributed by atoms with Gasteiger partial charge in [0.1, 0.15) is 0 Å². The van der Waals surface area contributed by atoms with Crippen LogP contribution in [0.2, 0.25) is 5.02 Å². The van der Waals surface area contributed by atoms with E-state index in [1.165, 1.54) is 44.9 Å². The Balaban J connectivity index is 2.15. The van der Waals surface area contributed by atoms with Gasteiger partial charge in [0, 0.05) is 25.3 Å². The maximum Gasteiger partial charge on any atom is 0.264 e.